The second-order valence-corrected chi connectivity index (χ2v) is 14.6. The summed E-state index contributed by atoms with van der Waals surface area (Å²) < 4.78 is 45.3. The Bertz CT molecular complexity index is 1560. The van der Waals surface area contributed by atoms with Gasteiger partial charge in [-0.05, 0) is 5.92 Å². The van der Waals surface area contributed by atoms with Crippen molar-refractivity contribution < 1.29 is 27.6 Å². The second-order valence-electron chi connectivity index (χ2n) is 13.6. The molecule has 3 atom stereocenters. The minimum atomic E-state index is -2.17. The molecule has 0 aromatic heterocycles. The third kappa shape index (κ3) is 7.89. The molecule has 46 heavy (non-hydrogen) atoms. The van der Waals surface area contributed by atoms with Crippen LogP contribution in [0.15, 0.2) is 60.7 Å². The molecule has 0 saturated heterocycles. The minimum absolute atomic E-state index is 0.0928. The van der Waals surface area contributed by atoms with Gasteiger partial charge in [0.15, 0.2) is 0 Å². The van der Waals surface area contributed by atoms with Crippen LogP contribution >= 0.6 is 0 Å². The maximum atomic E-state index is 14.5. The number of para-hydroxylation sites is 1. The molecule has 1 aliphatic carbocycles. The first-order chi connectivity index (χ1) is 22.2. The van der Waals surface area contributed by atoms with Crippen LogP contribution in [0.1, 0.15) is 99.7 Å². The number of benzene rings is 3. The summed E-state index contributed by atoms with van der Waals surface area (Å²) in [5.41, 5.74) is 3.20. The summed E-state index contributed by atoms with van der Waals surface area (Å²) in [6, 6.07) is 18.1. The summed E-state index contributed by atoms with van der Waals surface area (Å²) in [6.07, 6.45) is 9.97. The predicted octanol–water partition coefficient (Wildman–Crippen LogP) is 10.2. The van der Waals surface area contributed by atoms with E-state index in [1.165, 1.54) is 31.4 Å². The van der Waals surface area contributed by atoms with Gasteiger partial charge in [0.1, 0.15) is 0 Å². The van der Waals surface area contributed by atoms with Crippen molar-refractivity contribution in [3.05, 3.63) is 77.6 Å². The Kier molecular flexibility index (Phi) is 11.7. The van der Waals surface area contributed by atoms with Crippen LogP contribution in [0.4, 0.5) is 15.8 Å². The Morgan fingerprint density at radius 1 is 1.04 bits per heavy atom. The number of hydrogen-bond donors (Lipinski definition) is 2. The Labute approximate surface area is 275 Å². The molecule has 0 spiro atoms. The fourth-order valence-corrected chi connectivity index (χ4v) is 8.51. The molecule has 1 saturated carbocycles. The molecule has 1 fully saturated rings. The first-order valence-electron chi connectivity index (χ1n) is 16.9. The number of halogens is 1. The van der Waals surface area contributed by atoms with E-state index in [0.29, 0.717) is 41.9 Å². The average molecular weight is 650 g/mol. The number of hydrogen-bond acceptors (Lipinski definition) is 5. The van der Waals surface area contributed by atoms with Gasteiger partial charge in [-0.15, -0.1) is 0 Å². The molecule has 6 nitrogen and oxygen atoms in total. The van der Waals surface area contributed by atoms with Crippen molar-refractivity contribution in [3.63, 3.8) is 0 Å². The Balaban J connectivity index is 1.66. The van der Waals surface area contributed by atoms with Crippen LogP contribution in [0.25, 0.3) is 11.1 Å². The van der Waals surface area contributed by atoms with Gasteiger partial charge in [0.25, 0.3) is 0 Å². The van der Waals surface area contributed by atoms with Crippen LogP contribution in [0.3, 0.4) is 0 Å². The van der Waals surface area contributed by atoms with Crippen molar-refractivity contribution in [1.29, 1.82) is 0 Å². The summed E-state index contributed by atoms with van der Waals surface area (Å²) in [4.78, 5) is 14.2. The fraction of sp³-hybridized carbons (Fsp3) is 0.500. The number of carboxylic acids is 1. The van der Waals surface area contributed by atoms with Gasteiger partial charge in [0.05, 0.1) is 0 Å². The van der Waals surface area contributed by atoms with Gasteiger partial charge in [-0.2, -0.15) is 0 Å². The molecule has 2 unspecified atom stereocenters. The zero-order valence-electron chi connectivity index (χ0n) is 27.3. The van der Waals surface area contributed by atoms with Crippen LogP contribution < -0.4 is 9.64 Å². The van der Waals surface area contributed by atoms with Gasteiger partial charge in [0.2, 0.25) is 0 Å². The number of unbranched alkanes of at least 4 members (excludes halogenated alkanes) is 2. The predicted molar refractivity (Wildman–Crippen MR) is 184 cm³/mol. The van der Waals surface area contributed by atoms with E-state index in [-0.39, 0.29) is 11.8 Å². The molecule has 2 aliphatic rings. The SMILES string of the molecule is CC(C)CCCCCOc1cc2c(cc1-c1ccc(F)c(C(=O)O)c1)C([S-](#[O+])O)C(C)[C@H](C1CCCCC1)CN2c1ccccc1. The molecule has 5 rings (SSSR count). The molecule has 3 aromatic carbocycles. The molecule has 3 aromatic rings. The van der Waals surface area contributed by atoms with Crippen LogP contribution in [0, 0.1) is 29.5 Å². The van der Waals surface area contributed by atoms with E-state index in [2.05, 4.69) is 37.8 Å². The Morgan fingerprint density at radius 2 is 1.78 bits per heavy atom. The van der Waals surface area contributed by atoms with E-state index in [9.17, 15) is 22.9 Å². The van der Waals surface area contributed by atoms with Crippen LogP contribution in [-0.2, 0) is 15.0 Å². The number of nitrogens with zero attached hydrogens (tertiary/aromatic N) is 1. The molecular weight excluding hydrogens is 601 g/mol. The summed E-state index contributed by atoms with van der Waals surface area (Å²) in [7, 11) is -2.17. The van der Waals surface area contributed by atoms with E-state index in [1.807, 2.05) is 30.3 Å². The van der Waals surface area contributed by atoms with Gasteiger partial charge in [-0.3, -0.25) is 0 Å². The topological polar surface area (TPSA) is 89.9 Å². The van der Waals surface area contributed by atoms with Crippen LogP contribution in [0.2, 0.25) is 0 Å². The summed E-state index contributed by atoms with van der Waals surface area (Å²) >= 11 is 0. The normalized spacial score (nSPS) is 20.5. The second kappa shape index (κ2) is 15.7. The molecule has 1 aliphatic heterocycles. The van der Waals surface area contributed by atoms with Crippen molar-refractivity contribution in [2.75, 3.05) is 18.1 Å². The van der Waals surface area contributed by atoms with E-state index in [1.54, 1.807) is 6.07 Å². The quantitative estimate of drug-likeness (QED) is 0.123. The van der Waals surface area contributed by atoms with E-state index >= 15 is 0 Å². The van der Waals surface area contributed by atoms with Gasteiger partial charge >= 0.3 is 256 Å². The number of anilines is 2. The van der Waals surface area contributed by atoms with Crippen molar-refractivity contribution in [2.45, 2.75) is 83.8 Å². The van der Waals surface area contributed by atoms with Crippen molar-refractivity contribution >= 4 is 28.3 Å². The number of carbonyl (C=O) groups is 1. The monoisotopic (exact) mass is 649 g/mol. The number of carboxylic acid groups (broad SMARTS) is 1. The van der Waals surface area contributed by atoms with Crippen LogP contribution in [0.5, 0.6) is 5.75 Å². The van der Waals surface area contributed by atoms with Crippen LogP contribution in [-0.4, -0.2) is 28.8 Å². The summed E-state index contributed by atoms with van der Waals surface area (Å²) in [5, 5.41) is 9.04. The Hall–Kier alpha value is -3.07. The molecule has 8 heteroatoms. The summed E-state index contributed by atoms with van der Waals surface area (Å²) in [6.45, 7) is 7.73. The molecule has 0 amide bonds. The van der Waals surface area contributed by atoms with Crippen molar-refractivity contribution in [3.8, 4) is 16.9 Å². The van der Waals surface area contributed by atoms with Gasteiger partial charge in [-0.1, -0.05) is 13.8 Å². The molecule has 0 radical (unpaired) electrons. The number of ether oxygens (including phenoxy) is 1. The first kappa shape index (κ1) is 34.3. The van der Waals surface area contributed by atoms with Gasteiger partial charge in [0, 0.05) is 0 Å². The third-order valence-corrected chi connectivity index (χ3v) is 11.1. The average Bonchev–Trinajstić information content (AvgIpc) is 3.16. The number of aromatic carboxylic acids is 1. The van der Waals surface area contributed by atoms with Gasteiger partial charge in [-0.25, -0.2) is 0 Å². The zero-order valence-corrected chi connectivity index (χ0v) is 28.1. The zero-order chi connectivity index (χ0) is 32.8. The molecule has 2 N–H and O–H groups in total. The number of fused-ring (bicyclic) bond motifs is 1. The third-order valence-electron chi connectivity index (χ3n) is 10.0. The Morgan fingerprint density at radius 3 is 2.46 bits per heavy atom. The number of rotatable bonds is 11. The first-order valence-corrected chi connectivity index (χ1v) is 18.1. The van der Waals surface area contributed by atoms with E-state index in [0.717, 1.165) is 55.5 Å². The molecule has 1 heterocycles. The summed E-state index contributed by atoms with van der Waals surface area (Å²) in [5.74, 6) is -0.420. The maximum absolute atomic E-state index is 14.5. The van der Waals surface area contributed by atoms with E-state index < -0.39 is 33.5 Å². The van der Waals surface area contributed by atoms with E-state index in [4.69, 9.17) is 4.74 Å². The van der Waals surface area contributed by atoms with Crippen molar-refractivity contribution in [2.24, 2.45) is 23.7 Å². The fourth-order valence-electron chi connectivity index (χ4n) is 7.53. The standard InChI is InChI=1S/C38H48FNO5S/c1-25(2)13-7-6-12-20-45-36-23-35-32(22-30(36)28-18-19-34(39)31(21-28)38(41)42)37(46(43)44)26(3)33(27-14-8-4-9-15-27)24-40(35)29-16-10-5-11-17-29/h5,10-11,16-19,21-23,25-27,33,37,43H,4,6-9,12-15,20,24H2,1-3H3,(H,41,42)/t26?,33-,37?/m1/s1. The molecular formula is C38H48FNO5S. The van der Waals surface area contributed by atoms with Crippen molar-refractivity contribution in [1.82, 2.24) is 0 Å². The molecule has 248 valence electrons. The van der Waals surface area contributed by atoms with Gasteiger partial charge < -0.3 is 0 Å². The molecule has 0 bridgehead atoms.